The van der Waals surface area contributed by atoms with Gasteiger partial charge in [-0.1, -0.05) is 13.8 Å². The van der Waals surface area contributed by atoms with Crippen LogP contribution in [-0.2, 0) is 11.3 Å². The number of aromatic nitrogens is 2. The first-order valence-corrected chi connectivity index (χ1v) is 7.33. The molecular weight excluding hydrogens is 342 g/mol. The van der Waals surface area contributed by atoms with Crippen LogP contribution in [0.4, 0.5) is 10.6 Å². The third kappa shape index (κ3) is 5.04. The largest absolute Gasteiger partial charge is 0.444 e. The highest BCUT2D eigenvalue weighted by molar-refractivity contribution is 9.10. The molecule has 118 valence electrons. The van der Waals surface area contributed by atoms with E-state index in [2.05, 4.69) is 26.2 Å². The quantitative estimate of drug-likeness (QED) is 0.863. The molecule has 0 aliphatic carbocycles. The van der Waals surface area contributed by atoms with Crippen LogP contribution in [0.5, 0.6) is 0 Å². The molecule has 0 spiro atoms. The van der Waals surface area contributed by atoms with Gasteiger partial charge in [-0.25, -0.2) is 9.59 Å². The van der Waals surface area contributed by atoms with Crippen LogP contribution in [0.2, 0.25) is 0 Å². The number of anilines is 1. The lowest BCUT2D eigenvalue weighted by Crippen LogP contribution is -2.36. The molecule has 0 unspecified atom stereocenters. The maximum absolute atomic E-state index is 11.9. The Morgan fingerprint density at radius 1 is 1.38 bits per heavy atom. The van der Waals surface area contributed by atoms with E-state index >= 15 is 0 Å². The van der Waals surface area contributed by atoms with Crippen LogP contribution >= 0.6 is 15.9 Å². The van der Waals surface area contributed by atoms with Crippen LogP contribution in [0.15, 0.2) is 14.1 Å². The van der Waals surface area contributed by atoms with E-state index in [0.717, 1.165) is 0 Å². The number of hydrogen-bond donors (Lipinski definition) is 2. The zero-order chi connectivity index (χ0) is 16.4. The van der Waals surface area contributed by atoms with Crippen LogP contribution < -0.4 is 16.6 Å². The van der Waals surface area contributed by atoms with Crippen LogP contribution in [0.1, 0.15) is 34.6 Å². The maximum atomic E-state index is 11.9. The molecule has 2 N–H and O–H groups in total. The van der Waals surface area contributed by atoms with Gasteiger partial charge in [0.2, 0.25) is 0 Å². The van der Waals surface area contributed by atoms with Gasteiger partial charge >= 0.3 is 11.8 Å². The highest BCUT2D eigenvalue weighted by atomic mass is 79.9. The summed E-state index contributed by atoms with van der Waals surface area (Å²) in [6.45, 7) is 9.35. The average Bonchev–Trinajstić information content (AvgIpc) is 2.28. The fourth-order valence-electron chi connectivity index (χ4n) is 1.61. The smallest absolute Gasteiger partial charge is 0.413 e. The molecule has 8 heteroatoms. The second-order valence-electron chi connectivity index (χ2n) is 6.05. The molecule has 1 heterocycles. The summed E-state index contributed by atoms with van der Waals surface area (Å²) in [5.74, 6) is 0.242. The zero-order valence-electron chi connectivity index (χ0n) is 12.7. The number of ether oxygens (including phenoxy) is 1. The number of nitrogens with zero attached hydrogens (tertiary/aromatic N) is 1. The average molecular weight is 362 g/mol. The fourth-order valence-corrected chi connectivity index (χ4v) is 2.02. The van der Waals surface area contributed by atoms with Gasteiger partial charge in [0.05, 0.1) is 0 Å². The Morgan fingerprint density at radius 2 is 1.95 bits per heavy atom. The predicted octanol–water partition coefficient (Wildman–Crippen LogP) is 2.30. The predicted molar refractivity (Wildman–Crippen MR) is 83.7 cm³/mol. The van der Waals surface area contributed by atoms with Crippen molar-refractivity contribution in [2.75, 3.05) is 5.32 Å². The van der Waals surface area contributed by atoms with Crippen molar-refractivity contribution in [3.63, 3.8) is 0 Å². The molecule has 1 aromatic heterocycles. The van der Waals surface area contributed by atoms with Gasteiger partial charge in [-0.2, -0.15) is 0 Å². The maximum Gasteiger partial charge on any atom is 0.413 e. The monoisotopic (exact) mass is 361 g/mol. The molecule has 0 radical (unpaired) electrons. The summed E-state index contributed by atoms with van der Waals surface area (Å²) in [4.78, 5) is 37.6. The molecule has 0 saturated carbocycles. The van der Waals surface area contributed by atoms with E-state index in [0.29, 0.717) is 6.54 Å². The topological polar surface area (TPSA) is 93.2 Å². The summed E-state index contributed by atoms with van der Waals surface area (Å²) in [5, 5.41) is 2.46. The number of H-pyrrole nitrogens is 1. The van der Waals surface area contributed by atoms with Gasteiger partial charge in [-0.3, -0.25) is 19.7 Å². The first-order valence-electron chi connectivity index (χ1n) is 6.54. The van der Waals surface area contributed by atoms with Crippen molar-refractivity contribution in [2.45, 2.75) is 46.8 Å². The third-order valence-electron chi connectivity index (χ3n) is 2.31. The number of rotatable bonds is 3. The minimum Gasteiger partial charge on any atom is -0.444 e. The zero-order valence-corrected chi connectivity index (χ0v) is 14.3. The van der Waals surface area contributed by atoms with Crippen LogP contribution in [0, 0.1) is 5.92 Å². The molecule has 21 heavy (non-hydrogen) atoms. The lowest BCUT2D eigenvalue weighted by molar-refractivity contribution is 0.0634. The number of nitrogens with one attached hydrogen (secondary N) is 2. The second-order valence-corrected chi connectivity index (χ2v) is 6.85. The fraction of sp³-hybridized carbons (Fsp3) is 0.615. The van der Waals surface area contributed by atoms with Crippen molar-refractivity contribution in [3.8, 4) is 0 Å². The highest BCUT2D eigenvalue weighted by Crippen LogP contribution is 2.18. The molecule has 1 aromatic rings. The second kappa shape index (κ2) is 6.46. The lowest BCUT2D eigenvalue weighted by Gasteiger charge is -2.21. The van der Waals surface area contributed by atoms with Crippen molar-refractivity contribution in [1.29, 1.82) is 0 Å². The number of amides is 1. The van der Waals surface area contributed by atoms with Crippen molar-refractivity contribution < 1.29 is 9.53 Å². The van der Waals surface area contributed by atoms with Crippen LogP contribution in [0.3, 0.4) is 0 Å². The number of halogens is 1. The molecule has 0 fully saturated rings. The van der Waals surface area contributed by atoms with E-state index in [1.807, 2.05) is 13.8 Å². The minimum absolute atomic E-state index is 0.0774. The van der Waals surface area contributed by atoms with E-state index in [1.165, 1.54) is 4.57 Å². The van der Waals surface area contributed by atoms with Gasteiger partial charge in [0.15, 0.2) is 0 Å². The molecular formula is C13H20BrN3O4. The first-order chi connectivity index (χ1) is 9.51. The Labute approximate surface area is 130 Å². The molecule has 0 atom stereocenters. The Kier molecular flexibility index (Phi) is 5.38. The standard InChI is InChI=1S/C13H20BrN3O4/c1-7(2)6-17-9(8(14)10(18)16-11(17)19)15-12(20)21-13(3,4)5/h7H,6H2,1-5H3,(H,15,20)(H,16,18,19). The molecule has 0 aliphatic heterocycles. The number of hydrogen-bond acceptors (Lipinski definition) is 4. The van der Waals surface area contributed by atoms with E-state index < -0.39 is 22.9 Å². The van der Waals surface area contributed by atoms with Gasteiger partial charge in [0.1, 0.15) is 15.9 Å². The Balaban J connectivity index is 3.23. The van der Waals surface area contributed by atoms with E-state index in [1.54, 1.807) is 20.8 Å². The number of carbonyl (C=O) groups is 1. The third-order valence-corrected chi connectivity index (χ3v) is 3.05. The van der Waals surface area contributed by atoms with Crippen molar-refractivity contribution in [1.82, 2.24) is 9.55 Å². The number of carbonyl (C=O) groups excluding carboxylic acids is 1. The summed E-state index contributed by atoms with van der Waals surface area (Å²) in [6.07, 6.45) is -0.731. The lowest BCUT2D eigenvalue weighted by atomic mass is 10.2. The van der Waals surface area contributed by atoms with Gasteiger partial charge < -0.3 is 4.74 Å². The molecule has 1 rings (SSSR count). The normalized spacial score (nSPS) is 11.6. The van der Waals surface area contributed by atoms with Crippen molar-refractivity contribution >= 4 is 27.8 Å². The van der Waals surface area contributed by atoms with E-state index in [9.17, 15) is 14.4 Å². The highest BCUT2D eigenvalue weighted by Gasteiger charge is 2.20. The first kappa shape index (κ1) is 17.5. The molecule has 0 saturated heterocycles. The summed E-state index contributed by atoms with van der Waals surface area (Å²) in [6, 6.07) is 0. The number of aromatic amines is 1. The van der Waals surface area contributed by atoms with E-state index in [4.69, 9.17) is 4.74 Å². The van der Waals surface area contributed by atoms with Gasteiger partial charge in [-0.05, 0) is 42.6 Å². The summed E-state index contributed by atoms with van der Waals surface area (Å²) in [7, 11) is 0. The summed E-state index contributed by atoms with van der Waals surface area (Å²) < 4.78 is 6.51. The van der Waals surface area contributed by atoms with Crippen LogP contribution in [-0.4, -0.2) is 21.2 Å². The molecule has 0 bridgehead atoms. The SMILES string of the molecule is CC(C)Cn1c(NC(=O)OC(C)(C)C)c(Br)c(=O)[nH]c1=O. The Hall–Kier alpha value is -1.57. The molecule has 0 aliphatic rings. The van der Waals surface area contributed by atoms with Gasteiger partial charge in [0.25, 0.3) is 5.56 Å². The summed E-state index contributed by atoms with van der Waals surface area (Å²) >= 11 is 3.09. The minimum atomic E-state index is -0.731. The Morgan fingerprint density at radius 3 is 2.43 bits per heavy atom. The van der Waals surface area contributed by atoms with Crippen molar-refractivity contribution in [3.05, 3.63) is 25.3 Å². The molecule has 7 nitrogen and oxygen atoms in total. The van der Waals surface area contributed by atoms with E-state index in [-0.39, 0.29) is 16.2 Å². The summed E-state index contributed by atoms with van der Waals surface area (Å²) in [5.41, 5.74) is -1.87. The molecule has 1 amide bonds. The van der Waals surface area contributed by atoms with Crippen LogP contribution in [0.25, 0.3) is 0 Å². The van der Waals surface area contributed by atoms with Gasteiger partial charge in [-0.15, -0.1) is 0 Å². The van der Waals surface area contributed by atoms with Crippen molar-refractivity contribution in [2.24, 2.45) is 5.92 Å². The Bertz CT molecular complexity index is 640. The molecule has 0 aromatic carbocycles. The van der Waals surface area contributed by atoms with Gasteiger partial charge in [0, 0.05) is 6.54 Å².